The monoisotopic (exact) mass is 342 g/mol. The van der Waals surface area contributed by atoms with Gasteiger partial charge in [0.2, 0.25) is 0 Å². The number of rotatable bonds is 3. The molecule has 0 aromatic carbocycles. The predicted octanol–water partition coefficient (Wildman–Crippen LogP) is 3.69. The summed E-state index contributed by atoms with van der Waals surface area (Å²) >= 11 is 1.83. The minimum atomic E-state index is -1.67. The van der Waals surface area contributed by atoms with Crippen molar-refractivity contribution in [2.24, 2.45) is 4.99 Å². The van der Waals surface area contributed by atoms with Gasteiger partial charge in [-0.15, -0.1) is 0 Å². The Kier molecular flexibility index (Phi) is 4.67. The van der Waals surface area contributed by atoms with Crippen molar-refractivity contribution in [3.63, 3.8) is 0 Å². The molecule has 0 bridgehead atoms. The highest BCUT2D eigenvalue weighted by molar-refractivity contribution is 8.14. The lowest BCUT2D eigenvalue weighted by Crippen LogP contribution is -2.44. The predicted molar refractivity (Wildman–Crippen MR) is 96.0 cm³/mol. The van der Waals surface area contributed by atoms with E-state index < -0.39 is 8.32 Å². The number of fused-ring (bicyclic) bond motifs is 1. The van der Waals surface area contributed by atoms with Gasteiger partial charge in [0, 0.05) is 13.1 Å². The second-order valence-electron chi connectivity index (χ2n) is 8.21. The Morgan fingerprint density at radius 2 is 2.05 bits per heavy atom. The van der Waals surface area contributed by atoms with Crippen LogP contribution in [0.15, 0.2) is 4.99 Å². The van der Waals surface area contributed by atoms with Crippen LogP contribution in [0.1, 0.15) is 40.0 Å². The number of ether oxygens (including phenoxy) is 1. The molecule has 4 nitrogen and oxygen atoms in total. The Morgan fingerprint density at radius 1 is 1.32 bits per heavy atom. The van der Waals surface area contributed by atoms with Gasteiger partial charge in [-0.05, 0) is 37.4 Å². The van der Waals surface area contributed by atoms with Gasteiger partial charge >= 0.3 is 0 Å². The summed E-state index contributed by atoms with van der Waals surface area (Å²) in [4.78, 5) is 7.25. The van der Waals surface area contributed by atoms with Crippen LogP contribution in [-0.4, -0.2) is 55.7 Å². The summed E-state index contributed by atoms with van der Waals surface area (Å²) < 4.78 is 12.6. The van der Waals surface area contributed by atoms with E-state index >= 15 is 0 Å². The van der Waals surface area contributed by atoms with E-state index in [1.165, 1.54) is 24.7 Å². The first kappa shape index (κ1) is 16.8. The highest BCUT2D eigenvalue weighted by Crippen LogP contribution is 2.40. The number of likely N-dealkylation sites (tertiary alicyclic amines) is 1. The first-order valence-corrected chi connectivity index (χ1v) is 12.3. The van der Waals surface area contributed by atoms with E-state index in [1.807, 2.05) is 11.8 Å². The topological polar surface area (TPSA) is 34.1 Å². The van der Waals surface area contributed by atoms with Gasteiger partial charge in [-0.3, -0.25) is 4.99 Å². The zero-order valence-corrected chi connectivity index (χ0v) is 16.4. The van der Waals surface area contributed by atoms with Gasteiger partial charge in [0.15, 0.2) is 13.5 Å². The van der Waals surface area contributed by atoms with Crippen LogP contribution in [0, 0.1) is 0 Å². The van der Waals surface area contributed by atoms with E-state index in [-0.39, 0.29) is 16.6 Å². The molecule has 22 heavy (non-hydrogen) atoms. The van der Waals surface area contributed by atoms with E-state index in [0.29, 0.717) is 6.04 Å². The first-order valence-electron chi connectivity index (χ1n) is 8.55. The first-order chi connectivity index (χ1) is 10.3. The minimum absolute atomic E-state index is 0.220. The third kappa shape index (κ3) is 3.40. The van der Waals surface area contributed by atoms with Crippen LogP contribution in [0.3, 0.4) is 0 Å². The number of nitrogens with zero attached hydrogens (tertiary/aromatic N) is 2. The number of hydrogen-bond donors (Lipinski definition) is 0. The van der Waals surface area contributed by atoms with E-state index in [4.69, 9.17) is 14.2 Å². The summed E-state index contributed by atoms with van der Waals surface area (Å²) in [6.45, 7) is 14.6. The Bertz CT molecular complexity index is 446. The molecule has 0 spiro atoms. The van der Waals surface area contributed by atoms with Crippen molar-refractivity contribution >= 4 is 25.2 Å². The molecule has 3 atom stereocenters. The van der Waals surface area contributed by atoms with Gasteiger partial charge in [-0.2, -0.15) is 0 Å². The zero-order valence-electron chi connectivity index (χ0n) is 14.6. The number of thioether (sulfide) groups is 1. The number of aliphatic imine (C=N–C) groups is 1. The molecule has 6 heteroatoms. The molecular weight excluding hydrogens is 312 g/mol. The molecule has 3 aliphatic rings. The standard InChI is InChI=1S/C16H30N2O2SSi/c1-16(2,3)22(4,5)19-11-12-7-8-13-14(20-12)21-15(17-13)18-9-6-10-18/h12-14H,6-11H2,1-5H3/t12-,13-,14-/m1/s1. The summed E-state index contributed by atoms with van der Waals surface area (Å²) in [5, 5.41) is 1.48. The summed E-state index contributed by atoms with van der Waals surface area (Å²) in [7, 11) is -1.67. The van der Waals surface area contributed by atoms with Gasteiger partial charge in [0.05, 0.1) is 18.8 Å². The maximum Gasteiger partial charge on any atom is 0.192 e. The average molecular weight is 343 g/mol. The van der Waals surface area contributed by atoms with Gasteiger partial charge in [0.1, 0.15) is 5.44 Å². The van der Waals surface area contributed by atoms with Crippen molar-refractivity contribution in [3.8, 4) is 0 Å². The van der Waals surface area contributed by atoms with Gasteiger partial charge in [0.25, 0.3) is 0 Å². The minimum Gasteiger partial charge on any atom is -0.414 e. The van der Waals surface area contributed by atoms with E-state index in [0.717, 1.165) is 19.4 Å². The molecule has 2 saturated heterocycles. The molecule has 3 aliphatic heterocycles. The molecule has 0 radical (unpaired) electrons. The number of hydrogen-bond acceptors (Lipinski definition) is 5. The molecule has 0 amide bonds. The molecule has 0 N–H and O–H groups in total. The highest BCUT2D eigenvalue weighted by Gasteiger charge is 2.41. The molecule has 126 valence electrons. The lowest BCUT2D eigenvalue weighted by molar-refractivity contribution is -0.0371. The Balaban J connectivity index is 1.49. The van der Waals surface area contributed by atoms with Crippen molar-refractivity contribution in [3.05, 3.63) is 0 Å². The quantitative estimate of drug-likeness (QED) is 0.733. The van der Waals surface area contributed by atoms with Gasteiger partial charge in [-0.1, -0.05) is 32.5 Å². The normalized spacial score (nSPS) is 32.5. The van der Waals surface area contributed by atoms with Crippen molar-refractivity contribution in [1.29, 1.82) is 0 Å². The van der Waals surface area contributed by atoms with Crippen LogP contribution in [-0.2, 0) is 9.16 Å². The fourth-order valence-electron chi connectivity index (χ4n) is 2.65. The molecule has 0 unspecified atom stereocenters. The Labute approximate surface area is 140 Å². The largest absolute Gasteiger partial charge is 0.414 e. The van der Waals surface area contributed by atoms with E-state index in [9.17, 15) is 0 Å². The second kappa shape index (κ2) is 6.11. The van der Waals surface area contributed by atoms with Crippen molar-refractivity contribution in [2.75, 3.05) is 19.7 Å². The molecule has 3 rings (SSSR count). The zero-order chi connectivity index (χ0) is 16.0. The van der Waals surface area contributed by atoms with Crippen LogP contribution >= 0.6 is 11.8 Å². The Morgan fingerprint density at radius 3 is 2.64 bits per heavy atom. The fraction of sp³-hybridized carbons (Fsp3) is 0.938. The fourth-order valence-corrected chi connectivity index (χ4v) is 4.99. The molecule has 0 aliphatic carbocycles. The van der Waals surface area contributed by atoms with Crippen LogP contribution < -0.4 is 0 Å². The van der Waals surface area contributed by atoms with Gasteiger partial charge < -0.3 is 14.1 Å². The lowest BCUT2D eigenvalue weighted by Gasteiger charge is -2.38. The summed E-state index contributed by atoms with van der Waals surface area (Å²) in [6.07, 6.45) is 3.76. The molecular formula is C16H30N2O2SSi. The average Bonchev–Trinajstić information content (AvgIpc) is 2.75. The Hall–Kier alpha value is -0.0431. The molecule has 0 aromatic rings. The lowest BCUT2D eigenvalue weighted by atomic mass is 10.1. The van der Waals surface area contributed by atoms with Crippen LogP contribution in [0.25, 0.3) is 0 Å². The molecule has 3 heterocycles. The SMILES string of the molecule is CC(C)(C)[Si](C)(C)OC[C@H]1CC[C@H]2N=C(N3CCC3)S[C@H]2O1. The number of amidine groups is 1. The third-order valence-electron chi connectivity index (χ3n) is 5.49. The third-order valence-corrected chi connectivity index (χ3v) is 11.2. The van der Waals surface area contributed by atoms with Crippen LogP contribution in [0.5, 0.6) is 0 Å². The second-order valence-corrected chi connectivity index (χ2v) is 14.1. The molecule has 2 fully saturated rings. The van der Waals surface area contributed by atoms with Crippen molar-refractivity contribution in [2.45, 2.75) is 75.7 Å². The highest BCUT2D eigenvalue weighted by atomic mass is 32.2. The summed E-state index contributed by atoms with van der Waals surface area (Å²) in [6, 6.07) is 0.365. The molecule has 0 saturated carbocycles. The van der Waals surface area contributed by atoms with Crippen LogP contribution in [0.2, 0.25) is 18.1 Å². The molecule has 0 aromatic heterocycles. The summed E-state index contributed by atoms with van der Waals surface area (Å²) in [5.74, 6) is 0. The van der Waals surface area contributed by atoms with Crippen LogP contribution in [0.4, 0.5) is 0 Å². The maximum atomic E-state index is 6.35. The smallest absolute Gasteiger partial charge is 0.192 e. The van der Waals surface area contributed by atoms with Gasteiger partial charge in [-0.25, -0.2) is 0 Å². The van der Waals surface area contributed by atoms with E-state index in [2.05, 4.69) is 38.8 Å². The van der Waals surface area contributed by atoms with E-state index in [1.54, 1.807) is 0 Å². The maximum absolute atomic E-state index is 6.35. The summed E-state index contributed by atoms with van der Waals surface area (Å²) in [5.41, 5.74) is 0.220. The van der Waals surface area contributed by atoms with Crippen molar-refractivity contribution in [1.82, 2.24) is 4.90 Å². The van der Waals surface area contributed by atoms with Crippen molar-refractivity contribution < 1.29 is 9.16 Å².